The summed E-state index contributed by atoms with van der Waals surface area (Å²) >= 11 is 0.0345. The van der Waals surface area contributed by atoms with Gasteiger partial charge in [0.1, 0.15) is 0 Å². The number of hydrogen-bond acceptors (Lipinski definition) is 1. The molecule has 2 aromatic rings. The third-order valence-corrected chi connectivity index (χ3v) is 4.83. The molecule has 0 bridgehead atoms. The monoisotopic (exact) mass is 310 g/mol. The predicted molar refractivity (Wildman–Crippen MR) is 68.9 cm³/mol. The van der Waals surface area contributed by atoms with E-state index in [0.717, 1.165) is 15.3 Å². The van der Waals surface area contributed by atoms with E-state index in [2.05, 4.69) is 0 Å². The van der Waals surface area contributed by atoms with Crippen LogP contribution in [0.3, 0.4) is 0 Å². The summed E-state index contributed by atoms with van der Waals surface area (Å²) in [6, 6.07) is 13.3. The fourth-order valence-corrected chi connectivity index (χ4v) is 3.61. The van der Waals surface area contributed by atoms with E-state index in [1.807, 2.05) is 12.1 Å². The number of carbonyl (C=O) groups is 1. The standard InChI is InChI=1S/C14H11FO2Se/c15-11-7-5-10(6-8-11)9-18-13-4-2-1-3-12(13)14(16)17/h1-8H,9H2,(H,16,17). The molecule has 0 heterocycles. The van der Waals surface area contributed by atoms with Crippen LogP contribution in [0.2, 0.25) is 0 Å². The molecule has 0 aliphatic heterocycles. The molecule has 2 aromatic carbocycles. The molecule has 0 radical (unpaired) electrons. The second-order valence-electron chi connectivity index (χ2n) is 3.72. The third-order valence-electron chi connectivity index (χ3n) is 2.43. The molecule has 18 heavy (non-hydrogen) atoms. The van der Waals surface area contributed by atoms with E-state index >= 15 is 0 Å². The summed E-state index contributed by atoms with van der Waals surface area (Å²) in [5, 5.41) is 9.82. The Morgan fingerprint density at radius 1 is 1.11 bits per heavy atom. The molecular formula is C14H11FO2Se. The van der Waals surface area contributed by atoms with Crippen molar-refractivity contribution in [3.8, 4) is 0 Å². The first-order valence-corrected chi connectivity index (χ1v) is 7.43. The number of carboxylic acids is 1. The summed E-state index contributed by atoms with van der Waals surface area (Å²) in [7, 11) is 0. The van der Waals surface area contributed by atoms with Gasteiger partial charge < -0.3 is 0 Å². The van der Waals surface area contributed by atoms with Crippen LogP contribution in [0.5, 0.6) is 0 Å². The first kappa shape index (κ1) is 12.8. The Hall–Kier alpha value is -1.64. The minimum atomic E-state index is -0.897. The van der Waals surface area contributed by atoms with Crippen molar-refractivity contribution in [3.05, 3.63) is 65.5 Å². The van der Waals surface area contributed by atoms with Gasteiger partial charge in [0.05, 0.1) is 0 Å². The molecule has 0 amide bonds. The van der Waals surface area contributed by atoms with Gasteiger partial charge in [0.25, 0.3) is 0 Å². The normalized spacial score (nSPS) is 10.3. The van der Waals surface area contributed by atoms with Crippen LogP contribution in [0.25, 0.3) is 0 Å². The summed E-state index contributed by atoms with van der Waals surface area (Å²) in [5.41, 5.74) is 1.39. The summed E-state index contributed by atoms with van der Waals surface area (Å²) in [5.74, 6) is -1.15. The van der Waals surface area contributed by atoms with Crippen molar-refractivity contribution in [1.82, 2.24) is 0 Å². The van der Waals surface area contributed by atoms with Crippen molar-refractivity contribution < 1.29 is 14.3 Å². The Labute approximate surface area is 111 Å². The van der Waals surface area contributed by atoms with Gasteiger partial charge in [0, 0.05) is 0 Å². The van der Waals surface area contributed by atoms with E-state index in [9.17, 15) is 9.18 Å². The van der Waals surface area contributed by atoms with Gasteiger partial charge in [-0.3, -0.25) is 0 Å². The molecule has 0 atom stereocenters. The number of hydrogen-bond donors (Lipinski definition) is 1. The maximum atomic E-state index is 12.7. The predicted octanol–water partition coefficient (Wildman–Crippen LogP) is 2.05. The van der Waals surface area contributed by atoms with Gasteiger partial charge in [-0.15, -0.1) is 0 Å². The fraction of sp³-hybridized carbons (Fsp3) is 0.0714. The Morgan fingerprint density at radius 2 is 1.78 bits per heavy atom. The first-order valence-electron chi connectivity index (χ1n) is 5.36. The maximum absolute atomic E-state index is 12.7. The summed E-state index contributed by atoms with van der Waals surface area (Å²) in [6.07, 6.45) is 0. The van der Waals surface area contributed by atoms with Gasteiger partial charge in [0.2, 0.25) is 0 Å². The second kappa shape index (κ2) is 5.80. The van der Waals surface area contributed by atoms with E-state index in [1.54, 1.807) is 24.3 Å². The van der Waals surface area contributed by atoms with Crippen molar-refractivity contribution in [2.75, 3.05) is 0 Å². The molecule has 92 valence electrons. The number of aromatic carboxylic acids is 1. The fourth-order valence-electron chi connectivity index (χ4n) is 1.51. The number of halogens is 1. The van der Waals surface area contributed by atoms with Crippen molar-refractivity contribution in [2.24, 2.45) is 0 Å². The molecular weight excluding hydrogens is 298 g/mol. The molecule has 0 spiro atoms. The van der Waals surface area contributed by atoms with Crippen molar-refractivity contribution in [3.63, 3.8) is 0 Å². The van der Waals surface area contributed by atoms with Gasteiger partial charge in [-0.2, -0.15) is 0 Å². The van der Waals surface area contributed by atoms with Crippen LogP contribution in [0, 0.1) is 5.82 Å². The Morgan fingerprint density at radius 3 is 2.44 bits per heavy atom. The molecule has 1 N–H and O–H groups in total. The zero-order valence-corrected chi connectivity index (χ0v) is 11.2. The van der Waals surface area contributed by atoms with Crippen LogP contribution in [-0.4, -0.2) is 26.0 Å². The summed E-state index contributed by atoms with van der Waals surface area (Å²) < 4.78 is 13.6. The molecule has 0 saturated carbocycles. The van der Waals surface area contributed by atoms with Crippen molar-refractivity contribution in [1.29, 1.82) is 0 Å². The summed E-state index contributed by atoms with van der Waals surface area (Å²) in [4.78, 5) is 11.0. The Balaban J connectivity index is 2.10. The van der Waals surface area contributed by atoms with Gasteiger partial charge in [-0.25, -0.2) is 0 Å². The van der Waals surface area contributed by atoms with Crippen LogP contribution in [0.4, 0.5) is 4.39 Å². The quantitative estimate of drug-likeness (QED) is 0.878. The average molecular weight is 309 g/mol. The third kappa shape index (κ3) is 3.19. The molecule has 4 heteroatoms. The molecule has 0 fully saturated rings. The Bertz CT molecular complexity index is 552. The van der Waals surface area contributed by atoms with Crippen LogP contribution in [-0.2, 0) is 5.32 Å². The van der Waals surface area contributed by atoms with Gasteiger partial charge in [-0.05, 0) is 0 Å². The molecule has 2 rings (SSSR count). The molecule has 0 unspecified atom stereocenters. The van der Waals surface area contributed by atoms with E-state index < -0.39 is 5.97 Å². The molecule has 0 aliphatic carbocycles. The number of carboxylic acid groups (broad SMARTS) is 1. The number of benzene rings is 2. The second-order valence-corrected chi connectivity index (χ2v) is 5.85. The average Bonchev–Trinajstić information content (AvgIpc) is 2.38. The van der Waals surface area contributed by atoms with Crippen LogP contribution < -0.4 is 4.46 Å². The van der Waals surface area contributed by atoms with Crippen LogP contribution in [0.15, 0.2) is 48.5 Å². The molecule has 2 nitrogen and oxygen atoms in total. The van der Waals surface area contributed by atoms with Gasteiger partial charge in [0.15, 0.2) is 0 Å². The van der Waals surface area contributed by atoms with E-state index in [-0.39, 0.29) is 20.8 Å². The van der Waals surface area contributed by atoms with Crippen LogP contribution in [0.1, 0.15) is 15.9 Å². The topological polar surface area (TPSA) is 37.3 Å². The van der Waals surface area contributed by atoms with Crippen LogP contribution >= 0.6 is 0 Å². The van der Waals surface area contributed by atoms with Gasteiger partial charge in [-0.1, -0.05) is 0 Å². The zero-order valence-electron chi connectivity index (χ0n) is 9.47. The van der Waals surface area contributed by atoms with Crippen molar-refractivity contribution >= 4 is 25.4 Å². The minimum absolute atomic E-state index is 0.0345. The molecule has 0 saturated heterocycles. The van der Waals surface area contributed by atoms with E-state index in [1.165, 1.54) is 12.1 Å². The Kier molecular flexibility index (Phi) is 4.13. The van der Waals surface area contributed by atoms with Gasteiger partial charge >= 0.3 is 110 Å². The molecule has 0 aliphatic rings. The number of rotatable bonds is 4. The molecule has 0 aromatic heterocycles. The first-order chi connectivity index (χ1) is 8.66. The van der Waals surface area contributed by atoms with E-state index in [0.29, 0.717) is 5.56 Å². The zero-order chi connectivity index (χ0) is 13.0. The van der Waals surface area contributed by atoms with Crippen molar-refractivity contribution in [2.45, 2.75) is 5.32 Å². The summed E-state index contributed by atoms with van der Waals surface area (Å²) in [6.45, 7) is 0. The SMILES string of the molecule is O=C(O)c1ccccc1[Se]Cc1ccc(F)cc1. The van der Waals surface area contributed by atoms with E-state index in [4.69, 9.17) is 5.11 Å².